The Balaban J connectivity index is 1.60. The van der Waals surface area contributed by atoms with Crippen LogP contribution in [0.3, 0.4) is 0 Å². The first-order valence-corrected chi connectivity index (χ1v) is 18.7. The van der Waals surface area contributed by atoms with Gasteiger partial charge in [-0.05, 0) is 73.9 Å². The van der Waals surface area contributed by atoms with E-state index in [1.54, 1.807) is 30.3 Å². The number of methoxy groups -OCH3 is 2. The highest BCUT2D eigenvalue weighted by Gasteiger charge is 2.39. The van der Waals surface area contributed by atoms with Crippen LogP contribution < -0.4 is 30.2 Å². The molecule has 6 rings (SSSR count). The predicted octanol–water partition coefficient (Wildman–Crippen LogP) is 1.26. The third-order valence-electron chi connectivity index (χ3n) is 10.5. The Bertz CT molecular complexity index is 2090. The van der Waals surface area contributed by atoms with Gasteiger partial charge in [-0.2, -0.15) is 0 Å². The maximum atomic E-state index is 14.7. The second-order valence-corrected chi connectivity index (χ2v) is 14.6. The van der Waals surface area contributed by atoms with Crippen molar-refractivity contribution in [2.24, 2.45) is 0 Å². The molecule has 1 saturated heterocycles. The molecule has 5 N–H and O–H groups in total. The number of phenolic OH excluding ortho intramolecular Hbond substituents is 2. The molecule has 0 radical (unpaired) electrons. The van der Waals surface area contributed by atoms with Gasteiger partial charge in [-0.1, -0.05) is 18.2 Å². The lowest BCUT2D eigenvalue weighted by atomic mass is 9.98. The van der Waals surface area contributed by atoms with Gasteiger partial charge in [0.15, 0.2) is 34.5 Å². The van der Waals surface area contributed by atoms with Gasteiger partial charge in [-0.15, -0.1) is 0 Å². The normalized spacial score (nSPS) is 23.9. The molecule has 1 fully saturated rings. The average Bonchev–Trinajstić information content (AvgIpc) is 3.19. The molecule has 3 aliphatic rings. The largest absolute Gasteiger partial charge is 0.504 e. The Morgan fingerprint density at radius 3 is 1.79 bits per heavy atom. The fourth-order valence-electron chi connectivity index (χ4n) is 7.01. The molecule has 6 bridgehead atoms. The molecule has 310 valence electrons. The van der Waals surface area contributed by atoms with Crippen molar-refractivity contribution in [1.29, 1.82) is 0 Å². The van der Waals surface area contributed by atoms with Crippen LogP contribution in [-0.2, 0) is 48.0 Å². The van der Waals surface area contributed by atoms with Crippen molar-refractivity contribution in [2.75, 3.05) is 35.4 Å². The zero-order valence-corrected chi connectivity index (χ0v) is 33.7. The van der Waals surface area contributed by atoms with Gasteiger partial charge in [0.25, 0.3) is 0 Å². The first kappa shape index (κ1) is 42.6. The van der Waals surface area contributed by atoms with Crippen molar-refractivity contribution in [1.82, 2.24) is 30.7 Å². The van der Waals surface area contributed by atoms with Crippen LogP contribution in [0.2, 0.25) is 0 Å². The van der Waals surface area contributed by atoms with E-state index in [-0.39, 0.29) is 48.0 Å². The first-order valence-electron chi connectivity index (χ1n) is 18.7. The van der Waals surface area contributed by atoms with Crippen molar-refractivity contribution >= 4 is 35.4 Å². The first-order chi connectivity index (χ1) is 27.4. The Morgan fingerprint density at radius 2 is 1.16 bits per heavy atom. The van der Waals surface area contributed by atoms with E-state index in [1.165, 1.54) is 90.2 Å². The van der Waals surface area contributed by atoms with Crippen molar-refractivity contribution in [3.05, 3.63) is 71.3 Å². The van der Waals surface area contributed by atoms with E-state index in [2.05, 4.69) is 16.0 Å². The van der Waals surface area contributed by atoms with E-state index in [0.29, 0.717) is 22.4 Å². The number of nitrogens with zero attached hydrogens (tertiary/aromatic N) is 3. The van der Waals surface area contributed by atoms with Gasteiger partial charge in [-0.3, -0.25) is 28.8 Å². The number of hydrogen-bond acceptors (Lipinski definition) is 11. The van der Waals surface area contributed by atoms with Crippen molar-refractivity contribution < 1.29 is 53.2 Å². The van der Waals surface area contributed by atoms with Crippen LogP contribution in [0.5, 0.6) is 34.5 Å². The van der Waals surface area contributed by atoms with Gasteiger partial charge in [0, 0.05) is 40.4 Å². The molecule has 3 aromatic rings. The van der Waals surface area contributed by atoms with Crippen LogP contribution in [0.15, 0.2) is 54.6 Å². The Morgan fingerprint density at radius 1 is 0.603 bits per heavy atom. The van der Waals surface area contributed by atoms with E-state index < -0.39 is 71.7 Å². The quantitative estimate of drug-likeness (QED) is 0.253. The van der Waals surface area contributed by atoms with Crippen molar-refractivity contribution in [2.45, 2.75) is 76.3 Å². The molecule has 6 amide bonds. The van der Waals surface area contributed by atoms with Crippen LogP contribution in [0.25, 0.3) is 0 Å². The number of amides is 6. The number of ether oxygens (including phenoxy) is 3. The molecular weight excluding hydrogens is 752 g/mol. The highest BCUT2D eigenvalue weighted by molar-refractivity contribution is 5.98. The second-order valence-electron chi connectivity index (χ2n) is 14.6. The number of nitrogens with one attached hydrogen (secondary N) is 3. The summed E-state index contributed by atoms with van der Waals surface area (Å²) in [6.45, 7) is 4.29. The molecule has 17 heteroatoms. The Labute approximate surface area is 336 Å². The van der Waals surface area contributed by atoms with E-state index in [0.717, 1.165) is 4.90 Å². The summed E-state index contributed by atoms with van der Waals surface area (Å²) >= 11 is 0. The monoisotopic (exact) mass is 802 g/mol. The van der Waals surface area contributed by atoms with Gasteiger partial charge in [0.1, 0.15) is 36.3 Å². The van der Waals surface area contributed by atoms with Gasteiger partial charge in [0.2, 0.25) is 35.4 Å². The van der Waals surface area contributed by atoms with Crippen LogP contribution in [-0.4, -0.2) is 132 Å². The smallest absolute Gasteiger partial charge is 0.246 e. The van der Waals surface area contributed by atoms with Crippen molar-refractivity contribution in [3.63, 3.8) is 0 Å². The highest BCUT2D eigenvalue weighted by atomic mass is 16.5. The number of aromatic hydroxyl groups is 2. The molecule has 0 unspecified atom stereocenters. The topological polar surface area (TPSA) is 216 Å². The number of carbonyl (C=O) groups excluding carboxylic acids is 6. The lowest BCUT2D eigenvalue weighted by Gasteiger charge is -2.36. The van der Waals surface area contributed by atoms with Gasteiger partial charge in [0.05, 0.1) is 14.2 Å². The van der Waals surface area contributed by atoms with Gasteiger partial charge < -0.3 is 55.1 Å². The summed E-state index contributed by atoms with van der Waals surface area (Å²) in [7, 11) is 7.02. The van der Waals surface area contributed by atoms with Crippen LogP contribution in [0.4, 0.5) is 0 Å². The summed E-state index contributed by atoms with van der Waals surface area (Å²) in [4.78, 5) is 88.0. The molecule has 3 heterocycles. The predicted molar refractivity (Wildman–Crippen MR) is 209 cm³/mol. The molecule has 3 aromatic carbocycles. The summed E-state index contributed by atoms with van der Waals surface area (Å²) < 4.78 is 16.7. The van der Waals surface area contributed by atoms with Gasteiger partial charge >= 0.3 is 0 Å². The summed E-state index contributed by atoms with van der Waals surface area (Å²) in [6.07, 6.45) is -0.307. The zero-order chi connectivity index (χ0) is 42.6. The molecule has 6 atom stereocenters. The molecule has 58 heavy (non-hydrogen) atoms. The van der Waals surface area contributed by atoms with Gasteiger partial charge in [-0.25, -0.2) is 0 Å². The van der Waals surface area contributed by atoms with Crippen molar-refractivity contribution in [3.8, 4) is 34.5 Å². The number of benzene rings is 3. The summed E-state index contributed by atoms with van der Waals surface area (Å²) in [5, 5.41) is 29.4. The van der Waals surface area contributed by atoms with Crippen LogP contribution >= 0.6 is 0 Å². The minimum absolute atomic E-state index is 0.0732. The minimum Gasteiger partial charge on any atom is -0.504 e. The Kier molecular flexibility index (Phi) is 13.0. The molecule has 17 nitrogen and oxygen atoms in total. The average molecular weight is 803 g/mol. The summed E-state index contributed by atoms with van der Waals surface area (Å²) in [6, 6.07) is 6.60. The van der Waals surface area contributed by atoms with E-state index in [1.807, 2.05) is 0 Å². The van der Waals surface area contributed by atoms with E-state index in [9.17, 15) is 39.0 Å². The number of fused-ring (bicyclic) bond motifs is 2. The molecule has 0 aromatic heterocycles. The molecular formula is C41H50N6O11. The Hall–Kier alpha value is -6.52. The van der Waals surface area contributed by atoms with E-state index in [4.69, 9.17) is 14.2 Å². The number of hydrogen-bond donors (Lipinski definition) is 5. The third kappa shape index (κ3) is 9.19. The molecule has 0 aliphatic carbocycles. The number of likely N-dealkylation sites (N-methyl/N-ethyl adjacent to an activating group) is 3. The van der Waals surface area contributed by atoms with E-state index >= 15 is 0 Å². The second kappa shape index (κ2) is 17.7. The lowest BCUT2D eigenvalue weighted by Crippen LogP contribution is -2.61. The van der Waals surface area contributed by atoms with Crippen LogP contribution in [0.1, 0.15) is 37.5 Å². The number of carbonyl (C=O) groups is 6. The minimum atomic E-state index is -1.27. The molecule has 0 saturated carbocycles. The fourth-order valence-corrected chi connectivity index (χ4v) is 7.01. The lowest BCUT2D eigenvalue weighted by molar-refractivity contribution is -0.149. The van der Waals surface area contributed by atoms with Crippen LogP contribution in [0, 0.1) is 0 Å². The fraction of sp³-hybridized carbons (Fsp3) is 0.415. The maximum absolute atomic E-state index is 14.7. The maximum Gasteiger partial charge on any atom is 0.246 e. The zero-order valence-electron chi connectivity index (χ0n) is 33.7. The standard InChI is InChI=1S/C41H50N6O11/c1-21-36(50)43-22(2)39(53)45(4)27(15-24-9-12-32(56-7)30(48)18-24)38(52)44-23(3)40(54)47(6)29-17-25-10-13-33(31(49)19-25)58-35-20-26(11-14-34(35)57-8)16-28(37(51)42-21)46(5)41(29)55/h9-14,18-23,27-29,48-49H,15-17H2,1-8H3,(H,42,51)(H,43,50)(H,44,52)/t21-,22+,23+,27+,28+,29+/m1/s1. The number of phenols is 2. The summed E-state index contributed by atoms with van der Waals surface area (Å²) in [5.74, 6) is -3.69. The molecule has 0 spiro atoms. The summed E-state index contributed by atoms with van der Waals surface area (Å²) in [5.41, 5.74) is 1.43. The third-order valence-corrected chi connectivity index (χ3v) is 10.5. The molecule has 3 aliphatic heterocycles. The highest BCUT2D eigenvalue weighted by Crippen LogP contribution is 2.38. The number of rotatable bonds is 4. The SMILES string of the molecule is COc1ccc(C[C@H]2C(=O)N[C@@H](C)C(=O)N(C)[C@H]3Cc4ccc(c(O)c4)Oc4cc(ccc4OC)C[C@@H](C(=O)N[C@H](C)C(=O)N[C@@H](C)C(=O)N2C)N(C)C3=O)cc1O.